The van der Waals surface area contributed by atoms with Gasteiger partial charge in [0.05, 0.1) is 7.11 Å². The van der Waals surface area contributed by atoms with Gasteiger partial charge in [0.25, 0.3) is 0 Å². The Hall–Kier alpha value is -3.02. The van der Waals surface area contributed by atoms with Crippen LogP contribution in [0.2, 0.25) is 0 Å². The summed E-state index contributed by atoms with van der Waals surface area (Å²) in [7, 11) is 3.37. The summed E-state index contributed by atoms with van der Waals surface area (Å²) in [5, 5.41) is 5.83. The molecule has 2 aromatic rings. The summed E-state index contributed by atoms with van der Waals surface area (Å²) in [5.41, 5.74) is 2.70. The summed E-state index contributed by atoms with van der Waals surface area (Å²) < 4.78 is 5.21. The number of carbonyl (C=O) groups is 2. The zero-order valence-corrected chi connectivity index (χ0v) is 15.7. The smallest absolute Gasteiger partial charge is 0.317 e. The molecule has 0 bridgehead atoms. The molecule has 0 aromatic heterocycles. The van der Waals surface area contributed by atoms with Crippen LogP contribution in [0.15, 0.2) is 48.5 Å². The van der Waals surface area contributed by atoms with Crippen LogP contribution in [-0.4, -0.2) is 31.0 Å². The molecule has 6 nitrogen and oxygen atoms in total. The van der Waals surface area contributed by atoms with Gasteiger partial charge in [-0.15, -0.1) is 0 Å². The van der Waals surface area contributed by atoms with Crippen LogP contribution < -0.4 is 15.4 Å². The van der Waals surface area contributed by atoms with Crippen LogP contribution in [0, 0.1) is 5.92 Å². The maximum atomic E-state index is 12.3. The third-order valence-electron chi connectivity index (χ3n) is 4.49. The van der Waals surface area contributed by atoms with E-state index in [0.717, 1.165) is 35.4 Å². The third kappa shape index (κ3) is 5.48. The fourth-order valence-corrected chi connectivity index (χ4v) is 2.78. The van der Waals surface area contributed by atoms with Crippen molar-refractivity contribution in [1.29, 1.82) is 0 Å². The molecule has 1 aliphatic rings. The Labute approximate surface area is 159 Å². The Morgan fingerprint density at radius 3 is 2.59 bits per heavy atom. The van der Waals surface area contributed by atoms with Crippen LogP contribution in [0.5, 0.6) is 5.75 Å². The summed E-state index contributed by atoms with van der Waals surface area (Å²) in [4.78, 5) is 25.8. The van der Waals surface area contributed by atoms with E-state index in [0.29, 0.717) is 13.1 Å². The lowest BCUT2D eigenvalue weighted by atomic mass is 10.2. The Balaban J connectivity index is 1.51. The Bertz CT molecular complexity index is 818. The number of hydrogen-bond donors (Lipinski definition) is 2. The first-order valence-electron chi connectivity index (χ1n) is 9.07. The number of amides is 3. The highest BCUT2D eigenvalue weighted by Crippen LogP contribution is 2.30. The summed E-state index contributed by atoms with van der Waals surface area (Å²) in [6.45, 7) is 0.884. The number of anilines is 1. The Morgan fingerprint density at radius 1 is 1.11 bits per heavy atom. The number of carbonyl (C=O) groups excluding carboxylic acids is 2. The molecule has 0 aliphatic heterocycles. The number of urea groups is 1. The molecule has 0 spiro atoms. The van der Waals surface area contributed by atoms with E-state index in [9.17, 15) is 9.59 Å². The van der Waals surface area contributed by atoms with E-state index in [-0.39, 0.29) is 17.9 Å². The molecule has 0 unspecified atom stereocenters. The van der Waals surface area contributed by atoms with Gasteiger partial charge in [-0.3, -0.25) is 4.79 Å². The third-order valence-corrected chi connectivity index (χ3v) is 4.49. The predicted octanol–water partition coefficient (Wildman–Crippen LogP) is 3.39. The number of nitrogens with one attached hydrogen (secondary N) is 2. The highest BCUT2D eigenvalue weighted by molar-refractivity contribution is 5.94. The molecule has 3 amide bonds. The van der Waals surface area contributed by atoms with Crippen molar-refractivity contribution < 1.29 is 14.3 Å². The van der Waals surface area contributed by atoms with Crippen LogP contribution in [0.25, 0.3) is 0 Å². The van der Waals surface area contributed by atoms with E-state index in [1.807, 2.05) is 48.5 Å². The van der Waals surface area contributed by atoms with Crippen molar-refractivity contribution in [3.8, 4) is 5.75 Å². The lowest BCUT2D eigenvalue weighted by molar-refractivity contribution is -0.117. The number of rotatable bonds is 7. The van der Waals surface area contributed by atoms with Gasteiger partial charge in [-0.1, -0.05) is 24.3 Å². The van der Waals surface area contributed by atoms with Crippen molar-refractivity contribution in [2.45, 2.75) is 25.9 Å². The van der Waals surface area contributed by atoms with Gasteiger partial charge in [0.1, 0.15) is 5.75 Å². The van der Waals surface area contributed by atoms with Crippen LogP contribution in [-0.2, 0) is 17.9 Å². The first kappa shape index (κ1) is 18.8. The van der Waals surface area contributed by atoms with Crippen LogP contribution in [0.1, 0.15) is 24.0 Å². The largest absolute Gasteiger partial charge is 0.497 e. The summed E-state index contributed by atoms with van der Waals surface area (Å²) in [6.07, 6.45) is 1.95. The fourth-order valence-electron chi connectivity index (χ4n) is 2.78. The van der Waals surface area contributed by atoms with Gasteiger partial charge >= 0.3 is 6.03 Å². The molecule has 1 saturated carbocycles. The number of methoxy groups -OCH3 is 1. The van der Waals surface area contributed by atoms with Crippen molar-refractivity contribution in [1.82, 2.24) is 10.2 Å². The van der Waals surface area contributed by atoms with Gasteiger partial charge in [-0.2, -0.15) is 0 Å². The van der Waals surface area contributed by atoms with E-state index in [1.54, 1.807) is 19.1 Å². The average Bonchev–Trinajstić information content (AvgIpc) is 3.52. The molecule has 2 aromatic carbocycles. The van der Waals surface area contributed by atoms with Crippen molar-refractivity contribution in [2.24, 2.45) is 5.92 Å². The molecular weight excluding hydrogens is 342 g/mol. The van der Waals surface area contributed by atoms with Crippen molar-refractivity contribution in [3.05, 3.63) is 59.7 Å². The second-order valence-electron chi connectivity index (χ2n) is 6.83. The van der Waals surface area contributed by atoms with Crippen LogP contribution in [0.3, 0.4) is 0 Å². The van der Waals surface area contributed by atoms with E-state index in [1.165, 1.54) is 0 Å². The van der Waals surface area contributed by atoms with Gasteiger partial charge in [0, 0.05) is 31.7 Å². The molecule has 2 N–H and O–H groups in total. The number of hydrogen-bond acceptors (Lipinski definition) is 3. The molecule has 0 atom stereocenters. The standard InChI is InChI=1S/C21H25N3O3/c1-24(14-16-6-4-8-19(12-16)27-2)21(26)22-13-15-5-3-7-18(11-15)23-20(25)17-9-10-17/h3-8,11-12,17H,9-10,13-14H2,1-2H3,(H,22,26)(H,23,25). The van der Waals surface area contributed by atoms with Crippen molar-refractivity contribution in [2.75, 3.05) is 19.5 Å². The maximum Gasteiger partial charge on any atom is 0.317 e. The molecule has 0 radical (unpaired) electrons. The van der Waals surface area contributed by atoms with Gasteiger partial charge in [0.2, 0.25) is 5.91 Å². The zero-order chi connectivity index (χ0) is 19.2. The minimum Gasteiger partial charge on any atom is -0.497 e. The molecule has 1 fully saturated rings. The number of ether oxygens (including phenoxy) is 1. The molecule has 3 rings (SSSR count). The quantitative estimate of drug-likeness (QED) is 0.788. The molecule has 6 heteroatoms. The monoisotopic (exact) mass is 367 g/mol. The van der Waals surface area contributed by atoms with E-state index in [4.69, 9.17) is 4.74 Å². The minimum atomic E-state index is -0.162. The highest BCUT2D eigenvalue weighted by Gasteiger charge is 2.29. The first-order chi connectivity index (χ1) is 13.0. The number of benzene rings is 2. The average molecular weight is 367 g/mol. The summed E-state index contributed by atoms with van der Waals surface area (Å²) in [5.74, 6) is 1.01. The Morgan fingerprint density at radius 2 is 1.85 bits per heavy atom. The topological polar surface area (TPSA) is 70.7 Å². The zero-order valence-electron chi connectivity index (χ0n) is 15.7. The van der Waals surface area contributed by atoms with Gasteiger partial charge in [-0.25, -0.2) is 4.79 Å². The molecule has 1 aliphatic carbocycles. The minimum absolute atomic E-state index is 0.0780. The molecule has 0 saturated heterocycles. The van der Waals surface area contributed by atoms with Crippen LogP contribution >= 0.6 is 0 Å². The van der Waals surface area contributed by atoms with Gasteiger partial charge < -0.3 is 20.3 Å². The molecule has 142 valence electrons. The molecule has 27 heavy (non-hydrogen) atoms. The second kappa shape index (κ2) is 8.58. The second-order valence-corrected chi connectivity index (χ2v) is 6.83. The summed E-state index contributed by atoms with van der Waals surface area (Å²) >= 11 is 0. The highest BCUT2D eigenvalue weighted by atomic mass is 16.5. The summed E-state index contributed by atoms with van der Waals surface area (Å²) in [6, 6.07) is 15.0. The van der Waals surface area contributed by atoms with E-state index >= 15 is 0 Å². The predicted molar refractivity (Wildman–Crippen MR) is 104 cm³/mol. The van der Waals surface area contributed by atoms with Crippen molar-refractivity contribution in [3.63, 3.8) is 0 Å². The van der Waals surface area contributed by atoms with Gasteiger partial charge in [0.15, 0.2) is 0 Å². The van der Waals surface area contributed by atoms with E-state index in [2.05, 4.69) is 10.6 Å². The fraction of sp³-hybridized carbons (Fsp3) is 0.333. The van der Waals surface area contributed by atoms with Gasteiger partial charge in [-0.05, 0) is 48.2 Å². The maximum absolute atomic E-state index is 12.3. The lowest BCUT2D eigenvalue weighted by Crippen LogP contribution is -2.36. The normalized spacial score (nSPS) is 13.0. The van der Waals surface area contributed by atoms with Crippen LogP contribution in [0.4, 0.5) is 10.5 Å². The first-order valence-corrected chi connectivity index (χ1v) is 9.07. The molecule has 0 heterocycles. The number of nitrogens with zero attached hydrogens (tertiary/aromatic N) is 1. The lowest BCUT2D eigenvalue weighted by Gasteiger charge is -2.18. The van der Waals surface area contributed by atoms with Crippen molar-refractivity contribution >= 4 is 17.6 Å². The SMILES string of the molecule is COc1cccc(CN(C)C(=O)NCc2cccc(NC(=O)C3CC3)c2)c1. The Kier molecular flexibility index (Phi) is 5.96. The van der Waals surface area contributed by atoms with E-state index < -0.39 is 0 Å². The molecular formula is C21H25N3O3.